The van der Waals surface area contributed by atoms with E-state index in [-0.39, 0.29) is 6.10 Å². The van der Waals surface area contributed by atoms with Crippen molar-refractivity contribution < 1.29 is 29.0 Å². The van der Waals surface area contributed by atoms with Crippen LogP contribution in [0, 0.1) is 0 Å². The summed E-state index contributed by atoms with van der Waals surface area (Å²) < 4.78 is 4.92. The van der Waals surface area contributed by atoms with Crippen molar-refractivity contribution >= 4 is 23.8 Å². The number of carboxylic acids is 1. The van der Waals surface area contributed by atoms with E-state index in [0.29, 0.717) is 0 Å². The number of hydrogen-bond acceptors (Lipinski definition) is 6. The van der Waals surface area contributed by atoms with Gasteiger partial charge in [0, 0.05) is 0 Å². The number of amides is 2. The molecule has 0 aromatic heterocycles. The molecule has 2 amide bonds. The minimum Gasteiger partial charge on any atom is -0.481 e. The van der Waals surface area contributed by atoms with Gasteiger partial charge in [0.1, 0.15) is 12.1 Å². The molecule has 22 heavy (non-hydrogen) atoms. The number of carbonyl (C=O) groups is 4. The van der Waals surface area contributed by atoms with Gasteiger partial charge < -0.3 is 26.2 Å². The molecule has 3 atom stereocenters. The maximum Gasteiger partial charge on any atom is 0.328 e. The quantitative estimate of drug-likeness (QED) is 0.409. The van der Waals surface area contributed by atoms with Gasteiger partial charge in [-0.15, -0.1) is 0 Å². The summed E-state index contributed by atoms with van der Waals surface area (Å²) in [4.78, 5) is 45.9. The molecule has 0 heterocycles. The van der Waals surface area contributed by atoms with E-state index in [1.807, 2.05) is 0 Å². The van der Waals surface area contributed by atoms with Crippen LogP contribution in [-0.2, 0) is 23.9 Å². The Morgan fingerprint density at radius 3 is 2.00 bits per heavy atom. The van der Waals surface area contributed by atoms with Crippen LogP contribution in [0.2, 0.25) is 0 Å². The van der Waals surface area contributed by atoms with Crippen molar-refractivity contribution in [3.63, 3.8) is 0 Å². The van der Waals surface area contributed by atoms with Gasteiger partial charge in [0.25, 0.3) is 0 Å². The van der Waals surface area contributed by atoms with Crippen LogP contribution >= 0.6 is 0 Å². The molecule has 9 nitrogen and oxygen atoms in total. The van der Waals surface area contributed by atoms with Crippen molar-refractivity contribution in [2.45, 2.75) is 58.3 Å². The van der Waals surface area contributed by atoms with Gasteiger partial charge >= 0.3 is 11.9 Å². The molecule has 0 saturated heterocycles. The molecule has 0 fully saturated rings. The number of carbonyl (C=O) groups excluding carboxylic acids is 3. The summed E-state index contributed by atoms with van der Waals surface area (Å²) in [6.07, 6.45) is -0.976. The van der Waals surface area contributed by atoms with Crippen LogP contribution in [0.15, 0.2) is 0 Å². The average Bonchev–Trinajstić information content (AvgIpc) is 2.35. The first-order chi connectivity index (χ1) is 10.0. The van der Waals surface area contributed by atoms with Gasteiger partial charge in [-0.05, 0) is 27.7 Å². The summed E-state index contributed by atoms with van der Waals surface area (Å²) in [6.45, 7) is 6.10. The SMILES string of the molecule is CC(C)OC(=O)[C@@H](C)NC(=O)[C@@H](CC(=O)O)NC(=O)[C@@H](C)N. The van der Waals surface area contributed by atoms with Gasteiger partial charge in [-0.1, -0.05) is 0 Å². The Bertz CT molecular complexity index is 435. The first kappa shape index (κ1) is 19.8. The summed E-state index contributed by atoms with van der Waals surface area (Å²) >= 11 is 0. The van der Waals surface area contributed by atoms with E-state index in [1.54, 1.807) is 13.8 Å². The molecule has 0 spiro atoms. The number of aliphatic carboxylic acids is 1. The highest BCUT2D eigenvalue weighted by molar-refractivity contribution is 5.93. The Morgan fingerprint density at radius 1 is 1.05 bits per heavy atom. The number of nitrogens with two attached hydrogens (primary N) is 1. The van der Waals surface area contributed by atoms with E-state index < -0.39 is 48.3 Å². The van der Waals surface area contributed by atoms with E-state index in [4.69, 9.17) is 15.6 Å². The van der Waals surface area contributed by atoms with Crippen LogP contribution in [0.4, 0.5) is 0 Å². The number of carboxylic acid groups (broad SMARTS) is 1. The van der Waals surface area contributed by atoms with Crippen LogP contribution in [0.3, 0.4) is 0 Å². The Morgan fingerprint density at radius 2 is 1.59 bits per heavy atom. The normalized spacial score (nSPS) is 14.6. The third-order valence-corrected chi connectivity index (χ3v) is 2.49. The molecule has 0 aliphatic carbocycles. The molecule has 0 radical (unpaired) electrons. The van der Waals surface area contributed by atoms with Crippen LogP contribution < -0.4 is 16.4 Å². The minimum atomic E-state index is -1.33. The highest BCUT2D eigenvalue weighted by Crippen LogP contribution is 1.98. The standard InChI is InChI=1S/C13H23N3O6/c1-6(2)22-13(21)8(4)15-12(20)9(5-10(17)18)16-11(19)7(3)14/h6-9H,5,14H2,1-4H3,(H,15,20)(H,16,19)(H,17,18)/t7-,8-,9-/m1/s1. The number of rotatable bonds is 8. The fourth-order valence-electron chi connectivity index (χ4n) is 1.39. The van der Waals surface area contributed by atoms with Gasteiger partial charge in [0.05, 0.1) is 18.6 Å². The van der Waals surface area contributed by atoms with E-state index in [9.17, 15) is 19.2 Å². The molecule has 0 unspecified atom stereocenters. The summed E-state index contributed by atoms with van der Waals surface area (Å²) in [7, 11) is 0. The Balaban J connectivity index is 4.78. The first-order valence-corrected chi connectivity index (χ1v) is 6.83. The largest absolute Gasteiger partial charge is 0.481 e. The second-order valence-corrected chi connectivity index (χ2v) is 5.16. The zero-order valence-corrected chi connectivity index (χ0v) is 13.1. The van der Waals surface area contributed by atoms with Crippen molar-refractivity contribution in [2.75, 3.05) is 0 Å². The molecule has 0 aliphatic rings. The Labute approximate surface area is 128 Å². The van der Waals surface area contributed by atoms with E-state index >= 15 is 0 Å². The predicted molar refractivity (Wildman–Crippen MR) is 76.7 cm³/mol. The van der Waals surface area contributed by atoms with Gasteiger partial charge in [0.2, 0.25) is 11.8 Å². The summed E-state index contributed by atoms with van der Waals surface area (Å²) in [6, 6.07) is -3.20. The van der Waals surface area contributed by atoms with Gasteiger partial charge in [0.15, 0.2) is 0 Å². The monoisotopic (exact) mass is 317 g/mol. The molecule has 126 valence electrons. The fraction of sp³-hybridized carbons (Fsp3) is 0.692. The lowest BCUT2D eigenvalue weighted by molar-refractivity contribution is -0.151. The average molecular weight is 317 g/mol. The van der Waals surface area contributed by atoms with Gasteiger partial charge in [-0.3, -0.25) is 14.4 Å². The molecular formula is C13H23N3O6. The molecule has 0 rings (SSSR count). The van der Waals surface area contributed by atoms with Crippen LogP contribution in [0.25, 0.3) is 0 Å². The van der Waals surface area contributed by atoms with E-state index in [1.165, 1.54) is 13.8 Å². The molecule has 0 aromatic carbocycles. The number of hydrogen-bond donors (Lipinski definition) is 4. The minimum absolute atomic E-state index is 0.348. The number of ether oxygens (including phenoxy) is 1. The van der Waals surface area contributed by atoms with Crippen molar-refractivity contribution in [1.82, 2.24) is 10.6 Å². The maximum atomic E-state index is 12.0. The van der Waals surface area contributed by atoms with Crippen LogP contribution in [0.5, 0.6) is 0 Å². The Hall–Kier alpha value is -2.16. The molecule has 0 bridgehead atoms. The fourth-order valence-corrected chi connectivity index (χ4v) is 1.39. The topological polar surface area (TPSA) is 148 Å². The second kappa shape index (κ2) is 8.98. The van der Waals surface area contributed by atoms with E-state index in [2.05, 4.69) is 10.6 Å². The summed E-state index contributed by atoms with van der Waals surface area (Å²) in [5, 5.41) is 13.3. The molecule has 5 N–H and O–H groups in total. The van der Waals surface area contributed by atoms with E-state index in [0.717, 1.165) is 0 Å². The van der Waals surface area contributed by atoms with Crippen LogP contribution in [0.1, 0.15) is 34.1 Å². The molecule has 0 saturated carbocycles. The van der Waals surface area contributed by atoms with Crippen LogP contribution in [-0.4, -0.2) is 53.1 Å². The summed E-state index contributed by atoms with van der Waals surface area (Å²) in [5.74, 6) is -3.40. The molecule has 0 aliphatic heterocycles. The maximum absolute atomic E-state index is 12.0. The smallest absolute Gasteiger partial charge is 0.328 e. The lowest BCUT2D eigenvalue weighted by atomic mass is 10.1. The van der Waals surface area contributed by atoms with Crippen molar-refractivity contribution in [1.29, 1.82) is 0 Å². The lowest BCUT2D eigenvalue weighted by Crippen LogP contribution is -2.54. The first-order valence-electron chi connectivity index (χ1n) is 6.83. The van der Waals surface area contributed by atoms with Gasteiger partial charge in [-0.2, -0.15) is 0 Å². The van der Waals surface area contributed by atoms with Gasteiger partial charge in [-0.25, -0.2) is 4.79 Å². The zero-order chi connectivity index (χ0) is 17.4. The number of nitrogens with one attached hydrogen (secondary N) is 2. The highest BCUT2D eigenvalue weighted by Gasteiger charge is 2.28. The number of esters is 1. The van der Waals surface area contributed by atoms with Crippen molar-refractivity contribution in [3.8, 4) is 0 Å². The van der Waals surface area contributed by atoms with Crippen molar-refractivity contribution in [2.24, 2.45) is 5.73 Å². The summed E-state index contributed by atoms with van der Waals surface area (Å²) in [5.41, 5.74) is 5.35. The molecular weight excluding hydrogens is 294 g/mol. The second-order valence-electron chi connectivity index (χ2n) is 5.16. The molecule has 9 heteroatoms. The highest BCUT2D eigenvalue weighted by atomic mass is 16.5. The third-order valence-electron chi connectivity index (χ3n) is 2.49. The lowest BCUT2D eigenvalue weighted by Gasteiger charge is -2.21. The molecule has 0 aromatic rings. The zero-order valence-electron chi connectivity index (χ0n) is 13.1. The third kappa shape index (κ3) is 7.58. The predicted octanol–water partition coefficient (Wildman–Crippen LogP) is -1.25. The van der Waals surface area contributed by atoms with Crippen molar-refractivity contribution in [3.05, 3.63) is 0 Å². The Kier molecular flexibility index (Phi) is 8.10.